The molecule has 0 fully saturated rings. The van der Waals surface area contributed by atoms with Crippen LogP contribution in [0.25, 0.3) is 21.8 Å². The fourth-order valence-corrected chi connectivity index (χ4v) is 5.92. The van der Waals surface area contributed by atoms with Crippen molar-refractivity contribution < 1.29 is 0 Å². The fourth-order valence-electron chi connectivity index (χ4n) is 5.92. The summed E-state index contributed by atoms with van der Waals surface area (Å²) < 4.78 is 0. The van der Waals surface area contributed by atoms with Crippen LogP contribution in [-0.4, -0.2) is 9.97 Å². The topological polar surface area (TPSA) is 31.6 Å². The summed E-state index contributed by atoms with van der Waals surface area (Å²) in [5.41, 5.74) is 13.0. The SMILES string of the molecule is Cc1ccc(C2c3[nH]c4ccccc4c3C(c3ccc(C)cc3)c3[nH]c4ccccc4c32)cc1. The van der Waals surface area contributed by atoms with Gasteiger partial charge in [-0.25, -0.2) is 0 Å². The third-order valence-corrected chi connectivity index (χ3v) is 7.53. The number of hydrogen-bond donors (Lipinski definition) is 2. The highest BCUT2D eigenvalue weighted by Gasteiger charge is 2.39. The van der Waals surface area contributed by atoms with E-state index in [1.807, 2.05) is 0 Å². The van der Waals surface area contributed by atoms with Crippen molar-refractivity contribution in [1.29, 1.82) is 0 Å². The fraction of sp³-hybridized carbons (Fsp3) is 0.125. The highest BCUT2D eigenvalue weighted by Crippen LogP contribution is 2.52. The zero-order valence-electron chi connectivity index (χ0n) is 19.4. The smallest absolute Gasteiger partial charge is 0.0518 e. The number of aromatic nitrogens is 2. The van der Waals surface area contributed by atoms with Gasteiger partial charge in [0.1, 0.15) is 0 Å². The lowest BCUT2D eigenvalue weighted by Crippen LogP contribution is -2.19. The molecule has 2 unspecified atom stereocenters. The van der Waals surface area contributed by atoms with Crippen molar-refractivity contribution in [2.75, 3.05) is 0 Å². The quantitative estimate of drug-likeness (QED) is 0.275. The van der Waals surface area contributed by atoms with Crippen LogP contribution in [0, 0.1) is 13.8 Å². The summed E-state index contributed by atoms with van der Waals surface area (Å²) in [4.78, 5) is 7.74. The molecule has 0 spiro atoms. The molecule has 2 heterocycles. The van der Waals surface area contributed by atoms with Gasteiger partial charge in [0.25, 0.3) is 0 Å². The molecular weight excluding hydrogens is 412 g/mol. The molecule has 1 aliphatic rings. The van der Waals surface area contributed by atoms with E-state index in [1.165, 1.54) is 66.6 Å². The van der Waals surface area contributed by atoms with Gasteiger partial charge in [0.2, 0.25) is 0 Å². The Bertz CT molecular complexity index is 1540. The van der Waals surface area contributed by atoms with E-state index in [1.54, 1.807) is 0 Å². The van der Waals surface area contributed by atoms with Crippen molar-refractivity contribution >= 4 is 21.8 Å². The van der Waals surface area contributed by atoms with Crippen molar-refractivity contribution in [2.45, 2.75) is 25.7 Å². The lowest BCUT2D eigenvalue weighted by Gasteiger charge is -2.31. The number of benzene rings is 4. The molecule has 0 radical (unpaired) electrons. The van der Waals surface area contributed by atoms with Crippen molar-refractivity contribution in [3.05, 3.63) is 142 Å². The highest BCUT2D eigenvalue weighted by atomic mass is 14.8. The molecule has 0 saturated carbocycles. The van der Waals surface area contributed by atoms with E-state index in [9.17, 15) is 0 Å². The monoisotopic (exact) mass is 438 g/mol. The summed E-state index contributed by atoms with van der Waals surface area (Å²) in [6, 6.07) is 35.7. The summed E-state index contributed by atoms with van der Waals surface area (Å²) in [6.45, 7) is 4.31. The van der Waals surface area contributed by atoms with Gasteiger partial charge >= 0.3 is 0 Å². The first-order valence-corrected chi connectivity index (χ1v) is 12.0. The zero-order valence-corrected chi connectivity index (χ0v) is 19.4. The van der Waals surface area contributed by atoms with Gasteiger partial charge in [-0.3, -0.25) is 0 Å². The first-order chi connectivity index (χ1) is 16.7. The van der Waals surface area contributed by atoms with Gasteiger partial charge in [0, 0.05) is 33.2 Å². The van der Waals surface area contributed by atoms with E-state index in [0.29, 0.717) is 0 Å². The van der Waals surface area contributed by atoms with Crippen LogP contribution in [0.15, 0.2) is 97.1 Å². The maximum absolute atomic E-state index is 3.87. The van der Waals surface area contributed by atoms with E-state index in [0.717, 1.165) is 0 Å². The number of fused-ring (bicyclic) bond motifs is 6. The number of aromatic amines is 2. The number of hydrogen-bond acceptors (Lipinski definition) is 0. The first-order valence-electron chi connectivity index (χ1n) is 12.0. The zero-order chi connectivity index (χ0) is 22.8. The Kier molecular flexibility index (Phi) is 4.13. The average molecular weight is 439 g/mol. The van der Waals surface area contributed by atoms with Crippen LogP contribution in [0.3, 0.4) is 0 Å². The van der Waals surface area contributed by atoms with Gasteiger partial charge < -0.3 is 9.97 Å². The lowest BCUT2D eigenvalue weighted by molar-refractivity contribution is 0.801. The summed E-state index contributed by atoms with van der Waals surface area (Å²) in [6.07, 6.45) is 0. The number of rotatable bonds is 2. The van der Waals surface area contributed by atoms with Gasteiger partial charge in [-0.2, -0.15) is 0 Å². The molecule has 0 amide bonds. The van der Waals surface area contributed by atoms with Crippen LogP contribution in [0.2, 0.25) is 0 Å². The number of nitrogens with one attached hydrogen (secondary N) is 2. The molecule has 1 aliphatic carbocycles. The predicted octanol–water partition coefficient (Wildman–Crippen LogP) is 7.94. The molecule has 0 saturated heterocycles. The highest BCUT2D eigenvalue weighted by molar-refractivity contribution is 5.93. The van der Waals surface area contributed by atoms with Crippen LogP contribution >= 0.6 is 0 Å². The maximum Gasteiger partial charge on any atom is 0.0518 e. The lowest BCUT2D eigenvalue weighted by atomic mass is 9.72. The molecule has 34 heavy (non-hydrogen) atoms. The molecule has 164 valence electrons. The Balaban J connectivity index is 1.62. The molecule has 4 aromatic carbocycles. The van der Waals surface area contributed by atoms with Gasteiger partial charge in [-0.15, -0.1) is 0 Å². The summed E-state index contributed by atoms with van der Waals surface area (Å²) in [5, 5.41) is 2.62. The van der Waals surface area contributed by atoms with E-state index in [-0.39, 0.29) is 11.8 Å². The van der Waals surface area contributed by atoms with E-state index in [4.69, 9.17) is 0 Å². The Morgan fingerprint density at radius 2 is 0.853 bits per heavy atom. The van der Waals surface area contributed by atoms with Gasteiger partial charge in [-0.1, -0.05) is 96.1 Å². The number of aryl methyl sites for hydroxylation is 2. The standard InChI is InChI=1S/C32H26N2/c1-19-11-15-21(16-12-19)27-29-23-7-3-5-9-25(23)34-32(29)28(22-17-13-20(2)14-18-22)30-24-8-4-6-10-26(24)33-31(27)30/h3-18,27-28,33-34H,1-2H3. The molecule has 2 aromatic heterocycles. The first kappa shape index (κ1) is 19.4. The van der Waals surface area contributed by atoms with Crippen molar-refractivity contribution in [3.8, 4) is 0 Å². The van der Waals surface area contributed by atoms with Crippen LogP contribution in [-0.2, 0) is 0 Å². The Labute approximate surface area is 199 Å². The third-order valence-electron chi connectivity index (χ3n) is 7.53. The molecular formula is C32H26N2. The van der Waals surface area contributed by atoms with Crippen LogP contribution < -0.4 is 0 Å². The summed E-state index contributed by atoms with van der Waals surface area (Å²) in [5.74, 6) is 0.298. The minimum absolute atomic E-state index is 0.149. The Morgan fingerprint density at radius 3 is 1.26 bits per heavy atom. The molecule has 0 bridgehead atoms. The second-order valence-electron chi connectivity index (χ2n) is 9.68. The molecule has 0 aliphatic heterocycles. The largest absolute Gasteiger partial charge is 0.357 e. The summed E-state index contributed by atoms with van der Waals surface area (Å²) >= 11 is 0. The van der Waals surface area contributed by atoms with Crippen molar-refractivity contribution in [1.82, 2.24) is 9.97 Å². The Morgan fingerprint density at radius 1 is 0.471 bits per heavy atom. The second kappa shape index (κ2) is 7.23. The predicted molar refractivity (Wildman–Crippen MR) is 141 cm³/mol. The second-order valence-corrected chi connectivity index (χ2v) is 9.68. The van der Waals surface area contributed by atoms with Crippen LogP contribution in [0.4, 0.5) is 0 Å². The minimum Gasteiger partial charge on any atom is -0.357 e. The number of para-hydroxylation sites is 2. The van der Waals surface area contributed by atoms with E-state index in [2.05, 4.69) is 121 Å². The van der Waals surface area contributed by atoms with Gasteiger partial charge in [0.05, 0.1) is 11.8 Å². The average Bonchev–Trinajstić information content (AvgIpc) is 3.43. The maximum atomic E-state index is 3.87. The summed E-state index contributed by atoms with van der Waals surface area (Å²) in [7, 11) is 0. The number of H-pyrrole nitrogens is 2. The molecule has 7 rings (SSSR count). The van der Waals surface area contributed by atoms with Gasteiger partial charge in [0.15, 0.2) is 0 Å². The van der Waals surface area contributed by atoms with E-state index >= 15 is 0 Å². The third kappa shape index (κ3) is 2.75. The van der Waals surface area contributed by atoms with Crippen molar-refractivity contribution in [2.24, 2.45) is 0 Å². The van der Waals surface area contributed by atoms with Crippen LogP contribution in [0.1, 0.15) is 56.6 Å². The molecule has 6 aromatic rings. The van der Waals surface area contributed by atoms with Crippen LogP contribution in [0.5, 0.6) is 0 Å². The minimum atomic E-state index is 0.149. The molecule has 2 N–H and O–H groups in total. The normalized spacial score (nSPS) is 17.1. The molecule has 2 nitrogen and oxygen atoms in total. The molecule has 2 heteroatoms. The van der Waals surface area contributed by atoms with Gasteiger partial charge in [-0.05, 0) is 48.2 Å². The Hall–Kier alpha value is -4.04. The van der Waals surface area contributed by atoms with E-state index < -0.39 is 0 Å². The molecule has 2 atom stereocenters. The van der Waals surface area contributed by atoms with Crippen molar-refractivity contribution in [3.63, 3.8) is 0 Å².